The number of nitrogens with one attached hydrogen (secondary N) is 2. The van der Waals surface area contributed by atoms with Crippen molar-refractivity contribution in [1.82, 2.24) is 34.8 Å². The van der Waals surface area contributed by atoms with Crippen molar-refractivity contribution in [3.63, 3.8) is 0 Å². The van der Waals surface area contributed by atoms with Crippen LogP contribution in [0.15, 0.2) is 43.2 Å². The maximum atomic E-state index is 12.7. The Morgan fingerprint density at radius 3 is 2.92 bits per heavy atom. The van der Waals surface area contributed by atoms with Crippen molar-refractivity contribution in [1.29, 1.82) is 0 Å². The normalized spacial score (nSPS) is 17.4. The van der Waals surface area contributed by atoms with Crippen molar-refractivity contribution in [2.75, 3.05) is 11.9 Å². The molecule has 3 aromatic heterocycles. The molecular weight excluding hydrogens is 320 g/mol. The minimum absolute atomic E-state index is 0.0417. The quantitative estimate of drug-likeness (QED) is 0.761. The summed E-state index contributed by atoms with van der Waals surface area (Å²) in [6, 6.07) is 1.64. The van der Waals surface area contributed by atoms with Crippen LogP contribution in [0.3, 0.4) is 0 Å². The van der Waals surface area contributed by atoms with E-state index in [9.17, 15) is 4.79 Å². The van der Waals surface area contributed by atoms with Gasteiger partial charge in [-0.2, -0.15) is 10.2 Å². The average molecular weight is 338 g/mol. The van der Waals surface area contributed by atoms with E-state index in [2.05, 4.69) is 30.6 Å². The van der Waals surface area contributed by atoms with Gasteiger partial charge in [0.1, 0.15) is 0 Å². The fourth-order valence-corrected chi connectivity index (χ4v) is 3.07. The monoisotopic (exact) mass is 338 g/mol. The molecule has 0 aliphatic carbocycles. The summed E-state index contributed by atoms with van der Waals surface area (Å²) in [5, 5.41) is 13.9. The first-order valence-electron chi connectivity index (χ1n) is 8.19. The van der Waals surface area contributed by atoms with Crippen LogP contribution in [0.5, 0.6) is 0 Å². The van der Waals surface area contributed by atoms with Crippen LogP contribution >= 0.6 is 0 Å². The summed E-state index contributed by atoms with van der Waals surface area (Å²) in [5.74, 6) is 0.456. The molecule has 128 valence electrons. The first-order valence-corrected chi connectivity index (χ1v) is 8.19. The van der Waals surface area contributed by atoms with Gasteiger partial charge in [-0.1, -0.05) is 0 Å². The SMILES string of the molecule is O=C(Nc1cnn(-c2ncccn2)c1)N1CCCC[C@H]1c1cn[nH]c1. The molecule has 0 saturated carbocycles. The number of likely N-dealkylation sites (tertiary alicyclic amines) is 1. The van der Waals surface area contributed by atoms with Crippen LogP contribution in [-0.2, 0) is 0 Å². The number of rotatable bonds is 3. The van der Waals surface area contributed by atoms with Crippen LogP contribution < -0.4 is 5.32 Å². The van der Waals surface area contributed by atoms with E-state index in [1.165, 1.54) is 4.68 Å². The fourth-order valence-electron chi connectivity index (χ4n) is 3.07. The van der Waals surface area contributed by atoms with Gasteiger partial charge in [-0.05, 0) is 25.3 Å². The largest absolute Gasteiger partial charge is 0.322 e. The van der Waals surface area contributed by atoms with Gasteiger partial charge in [0.2, 0.25) is 5.95 Å². The summed E-state index contributed by atoms with van der Waals surface area (Å²) >= 11 is 0. The number of urea groups is 1. The van der Waals surface area contributed by atoms with Crippen LogP contribution in [0.25, 0.3) is 5.95 Å². The Balaban J connectivity index is 1.48. The van der Waals surface area contributed by atoms with Crippen molar-refractivity contribution in [2.45, 2.75) is 25.3 Å². The highest BCUT2D eigenvalue weighted by atomic mass is 16.2. The summed E-state index contributed by atoms with van der Waals surface area (Å²) in [6.45, 7) is 0.720. The number of hydrogen-bond donors (Lipinski definition) is 2. The van der Waals surface area contributed by atoms with Gasteiger partial charge in [-0.15, -0.1) is 0 Å². The van der Waals surface area contributed by atoms with Gasteiger partial charge in [0, 0.05) is 30.7 Å². The lowest BCUT2D eigenvalue weighted by molar-refractivity contribution is 0.163. The lowest BCUT2D eigenvalue weighted by atomic mass is 9.98. The predicted octanol–water partition coefficient (Wildman–Crippen LogP) is 2.14. The second-order valence-corrected chi connectivity index (χ2v) is 5.89. The number of H-pyrrole nitrogens is 1. The third kappa shape index (κ3) is 3.21. The number of anilines is 1. The van der Waals surface area contributed by atoms with Crippen LogP contribution in [-0.4, -0.2) is 47.4 Å². The number of aromatic nitrogens is 6. The standard InChI is InChI=1S/C16H18N8O/c25-16(23-7-2-1-4-14(23)12-8-19-20-9-12)22-13-10-21-24(11-13)15-17-5-3-6-18-15/h3,5-6,8-11,14H,1-2,4,7H2,(H,19,20)(H,22,25)/t14-/m0/s1. The van der Waals surface area contributed by atoms with Crippen molar-refractivity contribution in [3.05, 3.63) is 48.8 Å². The molecule has 4 rings (SSSR count). The summed E-state index contributed by atoms with van der Waals surface area (Å²) in [6.07, 6.45) is 13.2. The zero-order valence-corrected chi connectivity index (χ0v) is 13.5. The Hall–Kier alpha value is -3.23. The summed E-state index contributed by atoms with van der Waals surface area (Å²) in [5.41, 5.74) is 1.64. The molecule has 2 amide bonds. The average Bonchev–Trinajstić information content (AvgIpc) is 3.34. The Labute approximate surface area is 144 Å². The van der Waals surface area contributed by atoms with Crippen LogP contribution in [0.1, 0.15) is 30.9 Å². The number of carbonyl (C=O) groups excluding carboxylic acids is 1. The number of carbonyl (C=O) groups is 1. The first kappa shape index (κ1) is 15.3. The maximum absolute atomic E-state index is 12.7. The molecule has 1 atom stereocenters. The van der Waals surface area contributed by atoms with E-state index in [-0.39, 0.29) is 12.1 Å². The van der Waals surface area contributed by atoms with Crippen molar-refractivity contribution in [2.24, 2.45) is 0 Å². The van der Waals surface area contributed by atoms with Crippen molar-refractivity contribution in [3.8, 4) is 5.95 Å². The van der Waals surface area contributed by atoms with Crippen molar-refractivity contribution < 1.29 is 4.79 Å². The van der Waals surface area contributed by atoms with E-state index in [0.29, 0.717) is 11.6 Å². The smallest absolute Gasteiger partial charge is 0.317 e. The number of piperidine rings is 1. The van der Waals surface area contributed by atoms with E-state index in [0.717, 1.165) is 31.4 Å². The zero-order valence-electron chi connectivity index (χ0n) is 13.5. The molecule has 1 fully saturated rings. The second-order valence-electron chi connectivity index (χ2n) is 5.89. The minimum Gasteiger partial charge on any atom is -0.317 e. The molecule has 25 heavy (non-hydrogen) atoms. The van der Waals surface area contributed by atoms with Gasteiger partial charge in [0.25, 0.3) is 0 Å². The molecule has 9 heteroatoms. The molecule has 1 aliphatic heterocycles. The number of amides is 2. The molecule has 0 bridgehead atoms. The molecule has 0 spiro atoms. The van der Waals surface area contributed by atoms with E-state index in [1.807, 2.05) is 11.1 Å². The molecular formula is C16H18N8O. The summed E-state index contributed by atoms with van der Waals surface area (Å²) < 4.78 is 1.53. The zero-order chi connectivity index (χ0) is 17.1. The second kappa shape index (κ2) is 6.71. The molecule has 0 unspecified atom stereocenters. The third-order valence-electron chi connectivity index (χ3n) is 4.26. The predicted molar refractivity (Wildman–Crippen MR) is 90.1 cm³/mol. The van der Waals surface area contributed by atoms with E-state index in [4.69, 9.17) is 0 Å². The molecule has 2 N–H and O–H groups in total. The third-order valence-corrected chi connectivity index (χ3v) is 4.26. The Kier molecular flexibility index (Phi) is 4.11. The first-order chi connectivity index (χ1) is 12.3. The van der Waals surface area contributed by atoms with E-state index < -0.39 is 0 Å². The van der Waals surface area contributed by atoms with Gasteiger partial charge in [-0.3, -0.25) is 5.10 Å². The maximum Gasteiger partial charge on any atom is 0.322 e. The molecule has 0 radical (unpaired) electrons. The van der Waals surface area contributed by atoms with Gasteiger partial charge in [0.15, 0.2) is 0 Å². The van der Waals surface area contributed by atoms with Gasteiger partial charge in [-0.25, -0.2) is 19.4 Å². The van der Waals surface area contributed by atoms with E-state index in [1.54, 1.807) is 37.1 Å². The fraction of sp³-hybridized carbons (Fsp3) is 0.312. The number of nitrogens with zero attached hydrogens (tertiary/aromatic N) is 6. The lowest BCUT2D eigenvalue weighted by Gasteiger charge is -2.35. The Morgan fingerprint density at radius 2 is 2.12 bits per heavy atom. The summed E-state index contributed by atoms with van der Waals surface area (Å²) in [4.78, 5) is 22.9. The molecule has 3 aromatic rings. The van der Waals surface area contributed by atoms with Gasteiger partial charge in [0.05, 0.1) is 30.3 Å². The minimum atomic E-state index is -0.139. The molecule has 4 heterocycles. The molecule has 1 aliphatic rings. The van der Waals surface area contributed by atoms with Crippen LogP contribution in [0, 0.1) is 0 Å². The number of hydrogen-bond acceptors (Lipinski definition) is 5. The number of aromatic amines is 1. The summed E-state index contributed by atoms with van der Waals surface area (Å²) in [7, 11) is 0. The Bertz CT molecular complexity index is 829. The Morgan fingerprint density at radius 1 is 1.24 bits per heavy atom. The molecule has 1 saturated heterocycles. The van der Waals surface area contributed by atoms with Crippen LogP contribution in [0.2, 0.25) is 0 Å². The van der Waals surface area contributed by atoms with E-state index >= 15 is 0 Å². The van der Waals surface area contributed by atoms with Crippen LogP contribution in [0.4, 0.5) is 10.5 Å². The highest BCUT2D eigenvalue weighted by molar-refractivity contribution is 5.89. The molecule has 0 aromatic carbocycles. The highest BCUT2D eigenvalue weighted by Gasteiger charge is 2.28. The lowest BCUT2D eigenvalue weighted by Crippen LogP contribution is -2.41. The van der Waals surface area contributed by atoms with Crippen molar-refractivity contribution >= 4 is 11.7 Å². The van der Waals surface area contributed by atoms with Gasteiger partial charge < -0.3 is 10.2 Å². The highest BCUT2D eigenvalue weighted by Crippen LogP contribution is 2.30. The topological polar surface area (TPSA) is 105 Å². The molecule has 9 nitrogen and oxygen atoms in total. The van der Waals surface area contributed by atoms with Gasteiger partial charge >= 0.3 is 6.03 Å².